The van der Waals surface area contributed by atoms with Crippen LogP contribution in [-0.4, -0.2) is 54.4 Å². The van der Waals surface area contributed by atoms with Crippen LogP contribution >= 0.6 is 0 Å². The van der Waals surface area contributed by atoms with Gasteiger partial charge in [-0.25, -0.2) is 8.78 Å². The molecule has 2 aliphatic carbocycles. The second kappa shape index (κ2) is 5.58. The first-order valence-electron chi connectivity index (χ1n) is 7.92. The van der Waals surface area contributed by atoms with Crippen molar-refractivity contribution in [2.45, 2.75) is 44.4 Å². The number of rotatable bonds is 3. The molecule has 0 N–H and O–H groups in total. The molecule has 0 aromatic carbocycles. The zero-order chi connectivity index (χ0) is 14.2. The van der Waals surface area contributed by atoms with Crippen molar-refractivity contribution in [3.05, 3.63) is 0 Å². The van der Waals surface area contributed by atoms with E-state index in [-0.39, 0.29) is 18.8 Å². The van der Waals surface area contributed by atoms with E-state index < -0.39 is 5.92 Å². The van der Waals surface area contributed by atoms with Crippen molar-refractivity contribution in [3.8, 4) is 0 Å². The molecular weight excluding hydrogens is 262 g/mol. The van der Waals surface area contributed by atoms with Gasteiger partial charge < -0.3 is 4.90 Å². The van der Waals surface area contributed by atoms with Gasteiger partial charge in [-0.05, 0) is 31.6 Å². The van der Waals surface area contributed by atoms with E-state index >= 15 is 0 Å². The van der Waals surface area contributed by atoms with E-state index in [0.717, 1.165) is 52.0 Å². The third-order valence-electron chi connectivity index (χ3n) is 4.87. The van der Waals surface area contributed by atoms with Crippen molar-refractivity contribution in [1.82, 2.24) is 9.80 Å². The van der Waals surface area contributed by atoms with E-state index in [2.05, 4.69) is 4.90 Å². The van der Waals surface area contributed by atoms with Gasteiger partial charge in [-0.2, -0.15) is 0 Å². The molecule has 20 heavy (non-hydrogen) atoms. The van der Waals surface area contributed by atoms with Crippen molar-refractivity contribution in [3.63, 3.8) is 0 Å². The fourth-order valence-corrected chi connectivity index (χ4v) is 3.54. The van der Waals surface area contributed by atoms with Crippen LogP contribution in [0.15, 0.2) is 0 Å². The zero-order valence-corrected chi connectivity index (χ0v) is 12.0. The van der Waals surface area contributed by atoms with Gasteiger partial charge in [0.05, 0.1) is 0 Å². The summed E-state index contributed by atoms with van der Waals surface area (Å²) in [6, 6.07) is 0. The lowest BCUT2D eigenvalue weighted by molar-refractivity contribution is -0.134. The summed E-state index contributed by atoms with van der Waals surface area (Å²) >= 11 is 0. The van der Waals surface area contributed by atoms with Crippen molar-refractivity contribution in [1.29, 1.82) is 0 Å². The highest BCUT2D eigenvalue weighted by Crippen LogP contribution is 2.37. The summed E-state index contributed by atoms with van der Waals surface area (Å²) in [5.74, 6) is -1.72. The highest BCUT2D eigenvalue weighted by atomic mass is 19.3. The van der Waals surface area contributed by atoms with Crippen LogP contribution in [0.1, 0.15) is 38.5 Å². The smallest absolute Gasteiger partial charge is 0.248 e. The summed E-state index contributed by atoms with van der Waals surface area (Å²) < 4.78 is 26.8. The third-order valence-corrected chi connectivity index (χ3v) is 4.87. The summed E-state index contributed by atoms with van der Waals surface area (Å²) in [7, 11) is 0. The molecule has 0 spiro atoms. The third kappa shape index (κ3) is 3.48. The molecule has 1 heterocycles. The molecule has 0 radical (unpaired) electrons. The van der Waals surface area contributed by atoms with Gasteiger partial charge in [0.1, 0.15) is 0 Å². The van der Waals surface area contributed by atoms with Crippen molar-refractivity contribution in [2.75, 3.05) is 32.7 Å². The van der Waals surface area contributed by atoms with Gasteiger partial charge >= 0.3 is 0 Å². The predicted octanol–water partition coefficient (Wildman–Crippen LogP) is 2.37. The molecule has 3 nitrogen and oxygen atoms in total. The largest absolute Gasteiger partial charge is 0.340 e. The number of halogens is 2. The first-order chi connectivity index (χ1) is 9.53. The van der Waals surface area contributed by atoms with Gasteiger partial charge in [0, 0.05) is 51.5 Å². The van der Waals surface area contributed by atoms with E-state index in [1.165, 1.54) is 0 Å². The standard InChI is InChI=1S/C15H24F2N2O/c16-15(17)5-1-2-12(10-15)11-18-6-8-19(9-7-18)14(20)13-3-4-13/h12-13H,1-11H2. The van der Waals surface area contributed by atoms with Crippen molar-refractivity contribution < 1.29 is 13.6 Å². The molecule has 1 saturated heterocycles. The van der Waals surface area contributed by atoms with Gasteiger partial charge in [-0.1, -0.05) is 0 Å². The molecule has 3 fully saturated rings. The van der Waals surface area contributed by atoms with Gasteiger partial charge in [-0.3, -0.25) is 9.69 Å². The highest BCUT2D eigenvalue weighted by molar-refractivity contribution is 5.81. The Kier molecular flexibility index (Phi) is 3.98. The quantitative estimate of drug-likeness (QED) is 0.795. The lowest BCUT2D eigenvalue weighted by atomic mass is 9.86. The topological polar surface area (TPSA) is 23.6 Å². The van der Waals surface area contributed by atoms with E-state index in [1.54, 1.807) is 0 Å². The number of alkyl halides is 2. The summed E-state index contributed by atoms with van der Waals surface area (Å²) in [6.07, 6.45) is 3.79. The molecule has 0 aromatic rings. The maximum absolute atomic E-state index is 13.4. The Morgan fingerprint density at radius 3 is 2.40 bits per heavy atom. The van der Waals surface area contributed by atoms with Crippen LogP contribution in [0.2, 0.25) is 0 Å². The molecule has 5 heteroatoms. The minimum Gasteiger partial charge on any atom is -0.340 e. The fourth-order valence-electron chi connectivity index (χ4n) is 3.54. The average Bonchev–Trinajstić information content (AvgIpc) is 3.22. The Bertz CT molecular complexity index is 363. The van der Waals surface area contributed by atoms with E-state index in [1.807, 2.05) is 4.90 Å². The molecule has 114 valence electrons. The van der Waals surface area contributed by atoms with Crippen molar-refractivity contribution >= 4 is 5.91 Å². The summed E-state index contributed by atoms with van der Waals surface area (Å²) in [4.78, 5) is 16.2. The molecule has 1 aliphatic heterocycles. The van der Waals surface area contributed by atoms with Crippen LogP contribution in [-0.2, 0) is 4.79 Å². The molecule has 0 bridgehead atoms. The molecule has 3 aliphatic rings. The second-order valence-electron chi connectivity index (χ2n) is 6.72. The van der Waals surface area contributed by atoms with Gasteiger partial charge in [0.25, 0.3) is 0 Å². The van der Waals surface area contributed by atoms with Crippen LogP contribution in [0.4, 0.5) is 8.78 Å². The number of hydrogen-bond acceptors (Lipinski definition) is 2. The Morgan fingerprint density at radius 1 is 1.10 bits per heavy atom. The normalized spacial score (nSPS) is 31.3. The predicted molar refractivity (Wildman–Crippen MR) is 72.6 cm³/mol. The maximum Gasteiger partial charge on any atom is 0.248 e. The van der Waals surface area contributed by atoms with Crippen LogP contribution in [0.5, 0.6) is 0 Å². The molecule has 3 rings (SSSR count). The summed E-state index contributed by atoms with van der Waals surface area (Å²) in [5, 5.41) is 0. The van der Waals surface area contributed by atoms with Crippen LogP contribution in [0, 0.1) is 11.8 Å². The molecular formula is C15H24F2N2O. The molecule has 1 atom stereocenters. The highest BCUT2D eigenvalue weighted by Gasteiger charge is 2.38. The number of carbonyl (C=O) groups is 1. The average molecular weight is 286 g/mol. The summed E-state index contributed by atoms with van der Waals surface area (Å²) in [6.45, 7) is 4.03. The number of carbonyl (C=O) groups excluding carboxylic acids is 1. The first-order valence-corrected chi connectivity index (χ1v) is 7.92. The number of piperazine rings is 1. The van der Waals surface area contributed by atoms with Gasteiger partial charge in [-0.15, -0.1) is 0 Å². The van der Waals surface area contributed by atoms with E-state index in [4.69, 9.17) is 0 Å². The maximum atomic E-state index is 13.4. The lowest BCUT2D eigenvalue weighted by Crippen LogP contribution is -2.50. The monoisotopic (exact) mass is 286 g/mol. The zero-order valence-electron chi connectivity index (χ0n) is 12.0. The molecule has 1 amide bonds. The van der Waals surface area contributed by atoms with Crippen molar-refractivity contribution in [2.24, 2.45) is 11.8 Å². The number of hydrogen-bond donors (Lipinski definition) is 0. The summed E-state index contributed by atoms with van der Waals surface area (Å²) in [5.41, 5.74) is 0. The van der Waals surface area contributed by atoms with Crippen LogP contribution < -0.4 is 0 Å². The molecule has 0 aromatic heterocycles. The first kappa shape index (κ1) is 14.2. The fraction of sp³-hybridized carbons (Fsp3) is 0.933. The van der Waals surface area contributed by atoms with E-state index in [0.29, 0.717) is 18.2 Å². The van der Waals surface area contributed by atoms with Gasteiger partial charge in [0.15, 0.2) is 0 Å². The van der Waals surface area contributed by atoms with Crippen LogP contribution in [0.25, 0.3) is 0 Å². The SMILES string of the molecule is O=C(C1CC1)N1CCN(CC2CCCC(F)(F)C2)CC1. The van der Waals surface area contributed by atoms with Gasteiger partial charge in [0.2, 0.25) is 11.8 Å². The Balaban J connectivity index is 1.43. The molecule has 1 unspecified atom stereocenters. The number of amides is 1. The number of nitrogens with zero attached hydrogens (tertiary/aromatic N) is 2. The molecule has 2 saturated carbocycles. The lowest BCUT2D eigenvalue weighted by Gasteiger charge is -2.38. The minimum atomic E-state index is -2.45. The Labute approximate surface area is 119 Å². The minimum absolute atomic E-state index is 0.0498. The van der Waals surface area contributed by atoms with E-state index in [9.17, 15) is 13.6 Å². The Morgan fingerprint density at radius 2 is 1.80 bits per heavy atom. The van der Waals surface area contributed by atoms with Crippen LogP contribution in [0.3, 0.4) is 0 Å². The second-order valence-corrected chi connectivity index (χ2v) is 6.72. The Hall–Kier alpha value is -0.710.